The molecule has 30 heavy (non-hydrogen) atoms. The van der Waals surface area contributed by atoms with Gasteiger partial charge in [-0.3, -0.25) is 4.90 Å². The summed E-state index contributed by atoms with van der Waals surface area (Å²) in [6.07, 6.45) is 0. The number of hydrogen-bond acceptors (Lipinski definition) is 6. The molecule has 3 aromatic rings. The van der Waals surface area contributed by atoms with Gasteiger partial charge in [-0.15, -0.1) is 0 Å². The summed E-state index contributed by atoms with van der Waals surface area (Å²) >= 11 is 6.21. The summed E-state index contributed by atoms with van der Waals surface area (Å²) in [4.78, 5) is 15.8. The number of fused-ring (bicyclic) bond motifs is 2. The average molecular weight is 424 g/mol. The summed E-state index contributed by atoms with van der Waals surface area (Å²) in [6.45, 7) is 5.34. The highest BCUT2D eigenvalue weighted by Crippen LogP contribution is 2.36. The maximum absolute atomic E-state index is 10.6. The summed E-state index contributed by atoms with van der Waals surface area (Å²) in [6, 6.07) is 13.2. The molecule has 0 amide bonds. The zero-order valence-electron chi connectivity index (χ0n) is 16.4. The summed E-state index contributed by atoms with van der Waals surface area (Å²) in [5.74, 6) is 0.0346. The molecule has 2 aliphatic rings. The first-order valence-corrected chi connectivity index (χ1v) is 10.4. The predicted molar refractivity (Wildman–Crippen MR) is 119 cm³/mol. The van der Waals surface area contributed by atoms with Gasteiger partial charge in [0, 0.05) is 54.2 Å². The first-order valence-electron chi connectivity index (χ1n) is 10.0. The highest BCUT2D eigenvalue weighted by molar-refractivity contribution is 6.58. The van der Waals surface area contributed by atoms with Crippen molar-refractivity contribution in [1.82, 2.24) is 15.2 Å². The third-order valence-corrected chi connectivity index (χ3v) is 5.69. The van der Waals surface area contributed by atoms with Crippen molar-refractivity contribution in [1.29, 1.82) is 0 Å². The molecule has 1 aromatic heterocycles. The van der Waals surface area contributed by atoms with Gasteiger partial charge in [0.1, 0.15) is 18.0 Å². The van der Waals surface area contributed by atoms with E-state index in [0.717, 1.165) is 54.9 Å². The Balaban J connectivity index is 1.46. The normalized spacial score (nSPS) is 18.0. The molecule has 2 aromatic carbocycles. The SMILES string of the molecule is Oc1[nH]c2ccc(Cl)cc2c1C1=Nc2ccccc2/C1=N\OCCN1CCNCC1. The standard InChI is InChI=1S/C22H22ClN5O2/c23-14-5-6-18-16(13-14)19(22(29)26-18)21-20(15-3-1-2-4-17(15)25-21)27-30-12-11-28-9-7-24-8-10-28/h1-6,13,24,26,29H,7-12H2/b27-20+. The van der Waals surface area contributed by atoms with Gasteiger partial charge in [0.2, 0.25) is 0 Å². The molecule has 154 valence electrons. The number of rotatable bonds is 5. The topological polar surface area (TPSA) is 85.2 Å². The van der Waals surface area contributed by atoms with Crippen LogP contribution >= 0.6 is 11.6 Å². The summed E-state index contributed by atoms with van der Waals surface area (Å²) in [5.41, 5.74) is 4.22. The van der Waals surface area contributed by atoms with Crippen LogP contribution in [0.5, 0.6) is 5.88 Å². The molecule has 0 bridgehead atoms. The number of aromatic amines is 1. The van der Waals surface area contributed by atoms with E-state index in [-0.39, 0.29) is 5.88 Å². The lowest BCUT2D eigenvalue weighted by Crippen LogP contribution is -2.44. The minimum Gasteiger partial charge on any atom is -0.494 e. The number of para-hydroxylation sites is 1. The summed E-state index contributed by atoms with van der Waals surface area (Å²) in [5, 5.41) is 19.8. The van der Waals surface area contributed by atoms with Crippen LogP contribution in [0.15, 0.2) is 52.6 Å². The van der Waals surface area contributed by atoms with Gasteiger partial charge in [0.05, 0.1) is 11.3 Å². The molecule has 7 nitrogen and oxygen atoms in total. The molecule has 0 saturated carbocycles. The molecule has 0 atom stereocenters. The Morgan fingerprint density at radius 1 is 1.17 bits per heavy atom. The van der Waals surface area contributed by atoms with Gasteiger partial charge in [-0.25, -0.2) is 4.99 Å². The molecule has 3 heterocycles. The van der Waals surface area contributed by atoms with Crippen LogP contribution in [0.4, 0.5) is 5.69 Å². The number of aromatic nitrogens is 1. The lowest BCUT2D eigenvalue weighted by Gasteiger charge is -2.26. The molecule has 3 N–H and O–H groups in total. The van der Waals surface area contributed by atoms with Crippen molar-refractivity contribution < 1.29 is 9.94 Å². The van der Waals surface area contributed by atoms with Crippen molar-refractivity contribution in [3.05, 3.63) is 58.6 Å². The van der Waals surface area contributed by atoms with E-state index in [9.17, 15) is 5.11 Å². The van der Waals surface area contributed by atoms with Gasteiger partial charge in [-0.05, 0) is 24.3 Å². The number of piperazine rings is 1. The Morgan fingerprint density at radius 3 is 2.87 bits per heavy atom. The maximum Gasteiger partial charge on any atom is 0.199 e. The molecule has 5 rings (SSSR count). The number of H-pyrrole nitrogens is 1. The zero-order chi connectivity index (χ0) is 20.5. The molecule has 0 radical (unpaired) electrons. The number of oxime groups is 1. The zero-order valence-corrected chi connectivity index (χ0v) is 17.1. The van der Waals surface area contributed by atoms with Crippen molar-refractivity contribution in [2.24, 2.45) is 10.1 Å². The van der Waals surface area contributed by atoms with Crippen molar-refractivity contribution in [2.45, 2.75) is 0 Å². The quantitative estimate of drug-likeness (QED) is 0.434. The van der Waals surface area contributed by atoms with Gasteiger partial charge in [-0.2, -0.15) is 0 Å². The molecular weight excluding hydrogens is 402 g/mol. The van der Waals surface area contributed by atoms with Gasteiger partial charge < -0.3 is 20.2 Å². The number of nitrogens with one attached hydrogen (secondary N) is 2. The fourth-order valence-corrected chi connectivity index (χ4v) is 4.12. The van der Waals surface area contributed by atoms with Crippen LogP contribution in [0, 0.1) is 0 Å². The van der Waals surface area contributed by atoms with Crippen LogP contribution in [-0.4, -0.2) is 65.7 Å². The number of nitrogens with zero attached hydrogens (tertiary/aromatic N) is 3. The first-order chi connectivity index (χ1) is 14.7. The van der Waals surface area contributed by atoms with E-state index in [1.54, 1.807) is 6.07 Å². The highest BCUT2D eigenvalue weighted by atomic mass is 35.5. The fraction of sp³-hybridized carbons (Fsp3) is 0.273. The number of aliphatic imine (C=N–C) groups is 1. The van der Waals surface area contributed by atoms with Crippen molar-refractivity contribution in [2.75, 3.05) is 39.3 Å². The monoisotopic (exact) mass is 423 g/mol. The van der Waals surface area contributed by atoms with E-state index in [2.05, 4.69) is 20.4 Å². The molecule has 0 aliphatic carbocycles. The molecule has 2 aliphatic heterocycles. The number of aromatic hydroxyl groups is 1. The molecule has 8 heteroatoms. The van der Waals surface area contributed by atoms with Gasteiger partial charge >= 0.3 is 0 Å². The second-order valence-electron chi connectivity index (χ2n) is 7.38. The number of halogens is 1. The minimum atomic E-state index is 0.0346. The third kappa shape index (κ3) is 3.56. The Hall–Kier alpha value is -2.87. The fourth-order valence-electron chi connectivity index (χ4n) is 3.94. The van der Waals surface area contributed by atoms with Crippen molar-refractivity contribution in [3.8, 4) is 5.88 Å². The van der Waals surface area contributed by atoms with Crippen LogP contribution in [0.3, 0.4) is 0 Å². The van der Waals surface area contributed by atoms with Crippen LogP contribution < -0.4 is 5.32 Å². The smallest absolute Gasteiger partial charge is 0.199 e. The molecule has 0 unspecified atom stereocenters. The summed E-state index contributed by atoms with van der Waals surface area (Å²) in [7, 11) is 0. The maximum atomic E-state index is 10.6. The second-order valence-corrected chi connectivity index (χ2v) is 7.82. The predicted octanol–water partition coefficient (Wildman–Crippen LogP) is 3.29. The van der Waals surface area contributed by atoms with Crippen LogP contribution in [-0.2, 0) is 4.84 Å². The van der Waals surface area contributed by atoms with E-state index >= 15 is 0 Å². The van der Waals surface area contributed by atoms with Crippen LogP contribution in [0.2, 0.25) is 5.02 Å². The van der Waals surface area contributed by atoms with Crippen molar-refractivity contribution >= 4 is 39.6 Å². The van der Waals surface area contributed by atoms with Gasteiger partial charge in [-0.1, -0.05) is 35.0 Å². The van der Waals surface area contributed by atoms with Crippen LogP contribution in [0.1, 0.15) is 11.1 Å². The lowest BCUT2D eigenvalue weighted by molar-refractivity contribution is 0.106. The lowest BCUT2D eigenvalue weighted by atomic mass is 10.0. The second kappa shape index (κ2) is 8.10. The first kappa shape index (κ1) is 19.1. The van der Waals surface area contributed by atoms with Gasteiger partial charge in [0.15, 0.2) is 5.88 Å². The summed E-state index contributed by atoms with van der Waals surface area (Å²) < 4.78 is 0. The van der Waals surface area contributed by atoms with E-state index in [4.69, 9.17) is 21.4 Å². The number of benzene rings is 2. The van der Waals surface area contributed by atoms with Gasteiger partial charge in [0.25, 0.3) is 0 Å². The van der Waals surface area contributed by atoms with E-state index in [0.29, 0.717) is 28.6 Å². The van der Waals surface area contributed by atoms with Crippen molar-refractivity contribution in [3.63, 3.8) is 0 Å². The molecule has 0 spiro atoms. The Labute approximate surface area is 179 Å². The van der Waals surface area contributed by atoms with Crippen LogP contribution in [0.25, 0.3) is 10.9 Å². The Bertz CT molecular complexity index is 1150. The minimum absolute atomic E-state index is 0.0346. The average Bonchev–Trinajstić information content (AvgIpc) is 3.28. The Morgan fingerprint density at radius 2 is 2.00 bits per heavy atom. The number of hydrogen-bond donors (Lipinski definition) is 3. The molecule has 1 fully saturated rings. The third-order valence-electron chi connectivity index (χ3n) is 5.46. The Kier molecular flexibility index (Phi) is 5.16. The molecular formula is C22H22ClN5O2. The largest absolute Gasteiger partial charge is 0.494 e. The van der Waals surface area contributed by atoms with E-state index in [1.165, 1.54) is 0 Å². The van der Waals surface area contributed by atoms with E-state index < -0.39 is 0 Å². The highest BCUT2D eigenvalue weighted by Gasteiger charge is 2.29. The molecule has 1 saturated heterocycles. The van der Waals surface area contributed by atoms with E-state index in [1.807, 2.05) is 36.4 Å².